The van der Waals surface area contributed by atoms with E-state index in [1.807, 2.05) is 48.6 Å². The van der Waals surface area contributed by atoms with Crippen molar-refractivity contribution in [2.24, 2.45) is 0 Å². The van der Waals surface area contributed by atoms with Gasteiger partial charge < -0.3 is 8.98 Å². The first kappa shape index (κ1) is 18.4. The summed E-state index contributed by atoms with van der Waals surface area (Å²) in [4.78, 5) is 14.7. The molecule has 136 valence electrons. The maximum absolute atomic E-state index is 13.4. The third kappa shape index (κ3) is 3.74. The Bertz CT molecular complexity index is 932. The van der Waals surface area contributed by atoms with Crippen molar-refractivity contribution in [1.82, 2.24) is 9.47 Å². The van der Waals surface area contributed by atoms with Crippen LogP contribution in [0.1, 0.15) is 27.5 Å². The number of aromatic nitrogens is 1. The molecule has 26 heavy (non-hydrogen) atoms. The first-order valence-corrected chi connectivity index (χ1v) is 8.63. The zero-order valence-electron chi connectivity index (χ0n) is 14.9. The molecule has 2 heterocycles. The summed E-state index contributed by atoms with van der Waals surface area (Å²) in [7, 11) is 1.87. The minimum atomic E-state index is -0.464. The predicted molar refractivity (Wildman–Crippen MR) is 99.6 cm³/mol. The highest BCUT2D eigenvalue weighted by Gasteiger charge is 2.19. The monoisotopic (exact) mass is 374 g/mol. The molecule has 0 bridgehead atoms. The quantitative estimate of drug-likeness (QED) is 0.582. The normalized spacial score (nSPS) is 11.3. The molecule has 0 aliphatic heterocycles. The SMILES string of the molecule is Cc1cc(C(=O)CN(C)Cc2ccco2)c(C)n1-c1ccc(F)c(Cl)c1. The molecule has 0 saturated heterocycles. The number of aryl methyl sites for hydroxylation is 1. The van der Waals surface area contributed by atoms with Gasteiger partial charge in [-0.25, -0.2) is 4.39 Å². The van der Waals surface area contributed by atoms with Crippen LogP contribution in [0.2, 0.25) is 5.02 Å². The number of nitrogens with zero attached hydrogens (tertiary/aromatic N) is 2. The predicted octanol–water partition coefficient (Wildman–Crippen LogP) is 4.79. The number of likely N-dealkylation sites (N-methyl/N-ethyl adjacent to an activating group) is 1. The summed E-state index contributed by atoms with van der Waals surface area (Å²) >= 11 is 5.90. The molecule has 0 N–H and O–H groups in total. The summed E-state index contributed by atoms with van der Waals surface area (Å²) in [5.74, 6) is 0.368. The zero-order valence-corrected chi connectivity index (χ0v) is 15.7. The first-order valence-electron chi connectivity index (χ1n) is 8.25. The summed E-state index contributed by atoms with van der Waals surface area (Å²) in [5.41, 5.74) is 3.08. The highest BCUT2D eigenvalue weighted by molar-refractivity contribution is 6.30. The van der Waals surface area contributed by atoms with Gasteiger partial charge in [0.25, 0.3) is 0 Å². The molecule has 0 radical (unpaired) electrons. The maximum atomic E-state index is 13.4. The zero-order chi connectivity index (χ0) is 18.8. The van der Waals surface area contributed by atoms with Gasteiger partial charge in [-0.15, -0.1) is 0 Å². The molecule has 1 aromatic carbocycles. The number of carbonyl (C=O) groups is 1. The van der Waals surface area contributed by atoms with Crippen LogP contribution in [0, 0.1) is 19.7 Å². The van der Waals surface area contributed by atoms with Gasteiger partial charge >= 0.3 is 0 Å². The molecule has 4 nitrogen and oxygen atoms in total. The summed E-state index contributed by atoms with van der Waals surface area (Å²) in [5, 5.41) is 0.0565. The van der Waals surface area contributed by atoms with E-state index >= 15 is 0 Å². The lowest BCUT2D eigenvalue weighted by Gasteiger charge is -2.14. The molecule has 0 atom stereocenters. The van der Waals surface area contributed by atoms with Crippen LogP contribution >= 0.6 is 11.6 Å². The Labute approximate surface area is 156 Å². The van der Waals surface area contributed by atoms with Crippen LogP contribution in [0.5, 0.6) is 0 Å². The van der Waals surface area contributed by atoms with Gasteiger partial charge in [0.1, 0.15) is 11.6 Å². The second kappa shape index (κ2) is 7.48. The average molecular weight is 375 g/mol. The third-order valence-corrected chi connectivity index (χ3v) is 4.60. The van der Waals surface area contributed by atoms with E-state index in [2.05, 4.69) is 0 Å². The number of halogens is 2. The molecular weight excluding hydrogens is 355 g/mol. The van der Waals surface area contributed by atoms with Gasteiger partial charge in [0, 0.05) is 22.6 Å². The van der Waals surface area contributed by atoms with Crippen molar-refractivity contribution in [3.05, 3.63) is 76.2 Å². The van der Waals surface area contributed by atoms with Gasteiger partial charge in [-0.3, -0.25) is 9.69 Å². The minimum absolute atomic E-state index is 0.0200. The summed E-state index contributed by atoms with van der Waals surface area (Å²) in [6.07, 6.45) is 1.62. The molecule has 2 aromatic heterocycles. The molecule has 0 amide bonds. The van der Waals surface area contributed by atoms with Crippen LogP contribution < -0.4 is 0 Å². The van der Waals surface area contributed by atoms with E-state index in [0.717, 1.165) is 22.8 Å². The van der Waals surface area contributed by atoms with Crippen molar-refractivity contribution in [2.75, 3.05) is 13.6 Å². The highest BCUT2D eigenvalue weighted by atomic mass is 35.5. The van der Waals surface area contributed by atoms with Crippen LogP contribution in [0.25, 0.3) is 5.69 Å². The number of furan rings is 1. The minimum Gasteiger partial charge on any atom is -0.468 e. The largest absolute Gasteiger partial charge is 0.468 e. The van der Waals surface area contributed by atoms with Gasteiger partial charge in [-0.2, -0.15) is 0 Å². The topological polar surface area (TPSA) is 38.4 Å². The van der Waals surface area contributed by atoms with Crippen LogP contribution in [-0.2, 0) is 6.54 Å². The fraction of sp³-hybridized carbons (Fsp3) is 0.250. The van der Waals surface area contributed by atoms with Gasteiger partial charge in [-0.05, 0) is 57.3 Å². The lowest BCUT2D eigenvalue weighted by molar-refractivity contribution is 0.0939. The Morgan fingerprint density at radius 2 is 2.04 bits per heavy atom. The number of hydrogen-bond donors (Lipinski definition) is 0. The number of carbonyl (C=O) groups excluding carboxylic acids is 1. The second-order valence-electron chi connectivity index (χ2n) is 6.39. The standard InChI is InChI=1S/C20H20ClFN2O2/c1-13-9-17(20(25)12-23(3)11-16-5-4-8-26-16)14(2)24(13)15-6-7-19(22)18(21)10-15/h4-10H,11-12H2,1-3H3. The molecule has 0 fully saturated rings. The van der Waals surface area contributed by atoms with E-state index in [1.165, 1.54) is 6.07 Å². The molecule has 0 spiro atoms. The van der Waals surface area contributed by atoms with E-state index in [1.54, 1.807) is 18.4 Å². The Kier molecular flexibility index (Phi) is 5.30. The van der Waals surface area contributed by atoms with E-state index < -0.39 is 5.82 Å². The van der Waals surface area contributed by atoms with Crippen molar-refractivity contribution in [3.8, 4) is 5.69 Å². The number of rotatable bonds is 6. The van der Waals surface area contributed by atoms with Crippen molar-refractivity contribution in [3.63, 3.8) is 0 Å². The van der Waals surface area contributed by atoms with Crippen molar-refractivity contribution in [2.45, 2.75) is 20.4 Å². The molecule has 3 aromatic rings. The van der Waals surface area contributed by atoms with Crippen molar-refractivity contribution >= 4 is 17.4 Å². The number of Topliss-reactive ketones (excluding diaryl/α,β-unsaturated/α-hetero) is 1. The highest BCUT2D eigenvalue weighted by Crippen LogP contribution is 2.25. The van der Waals surface area contributed by atoms with Crippen LogP contribution in [-0.4, -0.2) is 28.8 Å². The second-order valence-corrected chi connectivity index (χ2v) is 6.80. The van der Waals surface area contributed by atoms with Gasteiger partial charge in [0.05, 0.1) is 24.4 Å². The Hall–Kier alpha value is -2.37. The fourth-order valence-electron chi connectivity index (χ4n) is 3.12. The van der Waals surface area contributed by atoms with Crippen LogP contribution in [0.4, 0.5) is 4.39 Å². The molecule has 6 heteroatoms. The van der Waals surface area contributed by atoms with Crippen LogP contribution in [0.15, 0.2) is 47.1 Å². The summed E-state index contributed by atoms with van der Waals surface area (Å²) in [6.45, 7) is 4.62. The number of benzene rings is 1. The molecule has 3 rings (SSSR count). The Morgan fingerprint density at radius 1 is 1.27 bits per heavy atom. The van der Waals surface area contributed by atoms with Crippen molar-refractivity contribution < 1.29 is 13.6 Å². The van der Waals surface area contributed by atoms with Crippen LogP contribution in [0.3, 0.4) is 0 Å². The van der Waals surface area contributed by atoms with Gasteiger partial charge in [0.15, 0.2) is 5.78 Å². The number of hydrogen-bond acceptors (Lipinski definition) is 3. The molecular formula is C20H20ClFN2O2. The molecule has 0 aliphatic carbocycles. The van der Waals surface area contributed by atoms with E-state index in [4.69, 9.17) is 16.0 Å². The maximum Gasteiger partial charge on any atom is 0.178 e. The van der Waals surface area contributed by atoms with E-state index in [0.29, 0.717) is 12.1 Å². The lowest BCUT2D eigenvalue weighted by Crippen LogP contribution is -2.25. The molecule has 0 unspecified atom stereocenters. The molecule has 0 aliphatic rings. The van der Waals surface area contributed by atoms with E-state index in [-0.39, 0.29) is 17.4 Å². The summed E-state index contributed by atoms with van der Waals surface area (Å²) in [6, 6.07) is 10.1. The van der Waals surface area contributed by atoms with Gasteiger partial charge in [-0.1, -0.05) is 11.6 Å². The fourth-order valence-corrected chi connectivity index (χ4v) is 3.30. The lowest BCUT2D eigenvalue weighted by atomic mass is 10.1. The summed E-state index contributed by atoms with van der Waals surface area (Å²) < 4.78 is 20.7. The Balaban J connectivity index is 1.82. The van der Waals surface area contributed by atoms with E-state index in [9.17, 15) is 9.18 Å². The average Bonchev–Trinajstić information content (AvgIpc) is 3.18. The first-order chi connectivity index (χ1) is 12.4. The smallest absolute Gasteiger partial charge is 0.178 e. The third-order valence-electron chi connectivity index (χ3n) is 4.31. The van der Waals surface area contributed by atoms with Crippen molar-refractivity contribution in [1.29, 1.82) is 0 Å². The Morgan fingerprint density at radius 3 is 2.69 bits per heavy atom. The molecule has 0 saturated carbocycles. The number of ketones is 1. The van der Waals surface area contributed by atoms with Gasteiger partial charge in [0.2, 0.25) is 0 Å².